The molecule has 5 heavy (non-hydrogen) atoms. The predicted octanol–water partition coefficient (Wildman–Crippen LogP) is -1.77. The first-order valence-corrected chi connectivity index (χ1v) is 0.742. The van der Waals surface area contributed by atoms with E-state index in [0.29, 0.717) is 0 Å². The van der Waals surface area contributed by atoms with Crippen LogP contribution in [0.2, 0.25) is 0 Å². The van der Waals surface area contributed by atoms with Crippen molar-refractivity contribution in [2.45, 2.75) is 0 Å². The van der Waals surface area contributed by atoms with Gasteiger partial charge in [-0.15, -0.1) is 0 Å². The summed E-state index contributed by atoms with van der Waals surface area (Å²) >= 11 is 1.44. The van der Waals surface area contributed by atoms with Crippen molar-refractivity contribution >= 4 is 65.3 Å². The molecule has 0 heterocycles. The molecule has 0 spiro atoms. The Morgan fingerprint density at radius 2 is 1.40 bits per heavy atom. The SMILES string of the molecule is FBr.[Ba+2].[H-].[H-].[H-].[La].[Na+]. The zero-order valence-corrected chi connectivity index (χ0v) is 14.7. The van der Waals surface area contributed by atoms with Crippen molar-refractivity contribution in [3.63, 3.8) is 0 Å². The second kappa shape index (κ2) is 24.1. The Hall–Kier alpha value is 4.18. The van der Waals surface area contributed by atoms with E-state index >= 15 is 0 Å². The second-order valence-corrected chi connectivity index (χ2v) is 0. The van der Waals surface area contributed by atoms with Gasteiger partial charge in [0.05, 0.1) is 0 Å². The van der Waals surface area contributed by atoms with Crippen molar-refractivity contribution in [2.75, 3.05) is 0 Å². The maximum atomic E-state index is 9.31. The molecule has 0 saturated carbocycles. The normalized spacial score (nSPS) is 1.20. The van der Waals surface area contributed by atoms with E-state index in [9.17, 15) is 3.56 Å². The van der Waals surface area contributed by atoms with Crippen molar-refractivity contribution in [2.24, 2.45) is 0 Å². The summed E-state index contributed by atoms with van der Waals surface area (Å²) in [5.74, 6) is 0. The number of rotatable bonds is 0. The fourth-order valence-corrected chi connectivity index (χ4v) is 0. The van der Waals surface area contributed by atoms with Crippen molar-refractivity contribution in [3.05, 3.63) is 0 Å². The zero-order chi connectivity index (χ0) is 2.00. The summed E-state index contributed by atoms with van der Waals surface area (Å²) in [7, 11) is 0. The molecule has 1 radical (unpaired) electrons. The Kier molecular flexibility index (Phi) is 111. The first-order valence-electron chi connectivity index (χ1n) is 0.143. The molecule has 0 amide bonds. The van der Waals surface area contributed by atoms with Crippen molar-refractivity contribution in [1.29, 1.82) is 0 Å². The Bertz CT molecular complexity index is 19.2. The molecule has 0 unspecified atom stereocenters. The molecule has 0 atom stereocenters. The molecule has 0 bridgehead atoms. The van der Waals surface area contributed by atoms with Gasteiger partial charge in [-0.05, 0) is 0 Å². The van der Waals surface area contributed by atoms with Gasteiger partial charge in [0, 0.05) is 35.6 Å². The zero-order valence-electron chi connectivity index (χ0n) is 6.04. The topological polar surface area (TPSA) is 0 Å². The largest absolute Gasteiger partial charge is 2.00 e. The molecule has 0 saturated heterocycles. The van der Waals surface area contributed by atoms with E-state index in [1.54, 1.807) is 0 Å². The Morgan fingerprint density at radius 3 is 1.40 bits per heavy atom. The van der Waals surface area contributed by atoms with E-state index < -0.39 is 0 Å². The molecular weight excluding hydrogens is 398 g/mol. The molecule has 0 aliphatic carbocycles. The summed E-state index contributed by atoms with van der Waals surface area (Å²) in [5.41, 5.74) is 0. The van der Waals surface area contributed by atoms with Gasteiger partial charge in [0.2, 0.25) is 0 Å². The number of hydrogen-bond acceptors (Lipinski definition) is 0. The van der Waals surface area contributed by atoms with Gasteiger partial charge in [0.25, 0.3) is 0 Å². The standard InChI is InChI=1S/Ba.BrF.La.Na.3H/c;1-2;;;;;/q+2;;;+1;3*-1. The molecule has 0 aliphatic rings. The third kappa shape index (κ3) is 17.9. The van der Waals surface area contributed by atoms with Crippen molar-refractivity contribution in [1.82, 2.24) is 0 Å². The van der Waals surface area contributed by atoms with Gasteiger partial charge in [-0.2, -0.15) is 3.56 Å². The molecule has 0 aromatic rings. The Labute approximate surface area is 134 Å². The molecule has 0 nitrogen and oxygen atoms in total. The minimum Gasteiger partial charge on any atom is -1.00 e. The molecule has 5 heteroatoms. The van der Waals surface area contributed by atoms with Crippen LogP contribution in [0.1, 0.15) is 4.28 Å². The van der Waals surface area contributed by atoms with Gasteiger partial charge in [-0.1, -0.05) is 0 Å². The minimum atomic E-state index is 0. The average molecular weight is 401 g/mol. The van der Waals surface area contributed by atoms with E-state index in [2.05, 4.69) is 0 Å². The molecule has 23 valence electrons. The van der Waals surface area contributed by atoms with E-state index in [4.69, 9.17) is 0 Å². The summed E-state index contributed by atoms with van der Waals surface area (Å²) in [6.07, 6.45) is 0. The smallest absolute Gasteiger partial charge is 1.00 e. The third-order valence-electron chi connectivity index (χ3n) is 0. The summed E-state index contributed by atoms with van der Waals surface area (Å²) in [6.45, 7) is 0. The molecule has 0 N–H and O–H groups in total. The van der Waals surface area contributed by atoms with Gasteiger partial charge in [0.15, 0.2) is 16.4 Å². The van der Waals surface area contributed by atoms with Crippen LogP contribution in [0.3, 0.4) is 0 Å². The third-order valence-corrected chi connectivity index (χ3v) is 0. The fraction of sp³-hybridized carbons (Fsp3) is 0. The van der Waals surface area contributed by atoms with E-state index in [1.165, 1.54) is 16.4 Å². The molecule has 0 fully saturated rings. The van der Waals surface area contributed by atoms with Gasteiger partial charge in [0.1, 0.15) is 0 Å². The number of hydrogen-bond donors (Lipinski definition) is 0. The van der Waals surface area contributed by atoms with Crippen LogP contribution in [-0.2, 0) is 0 Å². The maximum absolute atomic E-state index is 9.31. The summed E-state index contributed by atoms with van der Waals surface area (Å²) in [6, 6.07) is 0. The first kappa shape index (κ1) is 22.9. The van der Waals surface area contributed by atoms with Crippen LogP contribution in [0.15, 0.2) is 0 Å². The molecular formula is H3BaBrFLaNa. The van der Waals surface area contributed by atoms with Crippen LogP contribution in [-0.4, -0.2) is 48.9 Å². The molecule has 0 aromatic heterocycles. The van der Waals surface area contributed by atoms with Crippen LogP contribution >= 0.6 is 16.4 Å². The summed E-state index contributed by atoms with van der Waals surface area (Å²) in [5, 5.41) is 0. The van der Waals surface area contributed by atoms with Crippen molar-refractivity contribution < 1.29 is 73.0 Å². The van der Waals surface area contributed by atoms with Crippen LogP contribution < -0.4 is 29.6 Å². The van der Waals surface area contributed by atoms with Crippen LogP contribution in [0.4, 0.5) is 3.56 Å². The molecule has 0 aliphatic heterocycles. The first-order chi connectivity index (χ1) is 1.00. The Morgan fingerprint density at radius 1 is 1.40 bits per heavy atom. The van der Waals surface area contributed by atoms with Gasteiger partial charge >= 0.3 is 78.4 Å². The summed E-state index contributed by atoms with van der Waals surface area (Å²) < 4.78 is 9.31. The molecule has 0 rings (SSSR count). The monoisotopic (exact) mass is 401 g/mol. The van der Waals surface area contributed by atoms with E-state index in [1.807, 2.05) is 0 Å². The van der Waals surface area contributed by atoms with Crippen LogP contribution in [0, 0.1) is 35.6 Å². The fourth-order valence-electron chi connectivity index (χ4n) is 0. The molecule has 0 aromatic carbocycles. The maximum Gasteiger partial charge on any atom is 2.00 e. The van der Waals surface area contributed by atoms with Crippen molar-refractivity contribution in [3.8, 4) is 0 Å². The minimum absolute atomic E-state index is 0. The predicted molar refractivity (Wildman–Crippen MR) is 19.1 cm³/mol. The average Bonchev–Trinajstić information content (AvgIpc) is 1.00. The quantitative estimate of drug-likeness (QED) is 0.422. The van der Waals surface area contributed by atoms with Gasteiger partial charge in [-0.25, -0.2) is 0 Å². The van der Waals surface area contributed by atoms with Gasteiger partial charge in [-0.3, -0.25) is 0 Å². The van der Waals surface area contributed by atoms with Crippen LogP contribution in [0.25, 0.3) is 0 Å². The van der Waals surface area contributed by atoms with Gasteiger partial charge < -0.3 is 4.28 Å². The second-order valence-electron chi connectivity index (χ2n) is 0. The summed E-state index contributed by atoms with van der Waals surface area (Å²) in [4.78, 5) is 0. The van der Waals surface area contributed by atoms with Crippen LogP contribution in [0.5, 0.6) is 0 Å². The van der Waals surface area contributed by atoms with E-state index in [0.717, 1.165) is 0 Å². The van der Waals surface area contributed by atoms with E-state index in [-0.39, 0.29) is 118 Å². The number of halogens is 2. The Balaban J connectivity index is -0.000000000333.